The average molecular weight is 572 g/mol. The molecule has 1 aromatic carbocycles. The van der Waals surface area contributed by atoms with Gasteiger partial charge in [0.15, 0.2) is 18.0 Å². The normalized spacial score (nSPS) is 15.1. The third kappa shape index (κ3) is 5.70. The molecule has 1 fully saturated rings. The number of pyridine rings is 1. The Bertz CT molecular complexity index is 1670. The number of nitrogens with zero attached hydrogens (tertiary/aromatic N) is 6. The summed E-state index contributed by atoms with van der Waals surface area (Å²) in [4.78, 5) is 37.8. The van der Waals surface area contributed by atoms with Gasteiger partial charge in [-0.1, -0.05) is 12.1 Å². The highest BCUT2D eigenvalue weighted by Crippen LogP contribution is 2.33. The van der Waals surface area contributed by atoms with Gasteiger partial charge in [0.1, 0.15) is 17.4 Å². The van der Waals surface area contributed by atoms with Crippen LogP contribution in [-0.2, 0) is 9.53 Å². The number of benzene rings is 1. The van der Waals surface area contributed by atoms with E-state index in [-0.39, 0.29) is 24.2 Å². The fraction of sp³-hybridized carbons (Fsp3) is 0.276. The van der Waals surface area contributed by atoms with Gasteiger partial charge < -0.3 is 29.7 Å². The first kappa shape index (κ1) is 27.4. The highest BCUT2D eigenvalue weighted by molar-refractivity contribution is 6.06. The average Bonchev–Trinajstić information content (AvgIpc) is 3.69. The van der Waals surface area contributed by atoms with E-state index in [1.165, 1.54) is 6.39 Å². The molecule has 13 heteroatoms. The molecular formula is C29H30FN9O3. The van der Waals surface area contributed by atoms with Gasteiger partial charge in [0.25, 0.3) is 0 Å². The number of carbonyl (C=O) groups excluding carboxylic acids is 1. The van der Waals surface area contributed by atoms with Gasteiger partial charge in [0.05, 0.1) is 42.1 Å². The first-order valence-corrected chi connectivity index (χ1v) is 13.5. The van der Waals surface area contributed by atoms with Gasteiger partial charge in [-0.15, -0.1) is 0 Å². The number of likely N-dealkylation sites (N-methyl/N-ethyl adjacent to an activating group) is 1. The van der Waals surface area contributed by atoms with Crippen LogP contribution in [0.4, 0.5) is 21.7 Å². The summed E-state index contributed by atoms with van der Waals surface area (Å²) in [6.07, 6.45) is 7.32. The molecule has 0 aliphatic carbocycles. The second-order valence-electron chi connectivity index (χ2n) is 10.0. The molecule has 3 N–H and O–H groups in total. The number of carbonyl (C=O) groups is 1. The number of anilines is 3. The summed E-state index contributed by atoms with van der Waals surface area (Å²) >= 11 is 0. The van der Waals surface area contributed by atoms with Crippen LogP contribution in [0.2, 0.25) is 0 Å². The molecule has 0 unspecified atom stereocenters. The van der Waals surface area contributed by atoms with E-state index in [1.54, 1.807) is 37.8 Å². The van der Waals surface area contributed by atoms with Crippen LogP contribution in [0.1, 0.15) is 0 Å². The van der Waals surface area contributed by atoms with Crippen molar-refractivity contribution in [3.05, 3.63) is 67.3 Å². The Labute approximate surface area is 241 Å². The minimum Gasteiger partial charge on any atom is -0.442 e. The van der Waals surface area contributed by atoms with Gasteiger partial charge in [0, 0.05) is 50.4 Å². The van der Waals surface area contributed by atoms with E-state index in [1.807, 2.05) is 18.2 Å². The van der Waals surface area contributed by atoms with Crippen molar-refractivity contribution < 1.29 is 18.3 Å². The Balaban J connectivity index is 1.23. The van der Waals surface area contributed by atoms with Crippen molar-refractivity contribution in [3.63, 3.8) is 0 Å². The number of methoxy groups -OCH3 is 1. The number of halogens is 1. The molecule has 1 aliphatic rings. The lowest BCUT2D eigenvalue weighted by Gasteiger charge is -2.36. The molecule has 4 aromatic heterocycles. The number of aromatic nitrogens is 5. The zero-order valence-corrected chi connectivity index (χ0v) is 23.2. The third-order valence-electron chi connectivity index (χ3n) is 7.28. The van der Waals surface area contributed by atoms with Crippen molar-refractivity contribution in [2.45, 2.75) is 6.04 Å². The third-order valence-corrected chi connectivity index (χ3v) is 7.28. The Morgan fingerprint density at radius 2 is 2.00 bits per heavy atom. The molecule has 1 aliphatic heterocycles. The second-order valence-corrected chi connectivity index (χ2v) is 10.0. The molecule has 1 saturated heterocycles. The fourth-order valence-electron chi connectivity index (χ4n) is 5.01. The molecule has 0 bridgehead atoms. The quantitative estimate of drug-likeness (QED) is 0.240. The molecule has 216 valence electrons. The lowest BCUT2D eigenvalue weighted by molar-refractivity contribution is -0.124. The van der Waals surface area contributed by atoms with Crippen LogP contribution in [0.3, 0.4) is 0 Å². The standard InChI is InChI=1S/C29H30FN9O3/c1-38-8-10-39(11-9-38)24(16-41-2)28(40)36-23-5-3-4-19-20(13-33-27(19)23)26-21(30)14-34-29(37-26)35-18-6-7-22(32-12-18)25-15-31-17-42-25/h3-7,12-15,17,24,33H,8-11,16H2,1-2H3,(H,36,40)(H,34,35,37)/t24-/m1/s1. The van der Waals surface area contributed by atoms with E-state index < -0.39 is 11.9 Å². The largest absolute Gasteiger partial charge is 0.442 e. The number of nitrogens with one attached hydrogen (secondary N) is 3. The van der Waals surface area contributed by atoms with Crippen LogP contribution >= 0.6 is 0 Å². The Morgan fingerprint density at radius 1 is 1.14 bits per heavy atom. The van der Waals surface area contributed by atoms with E-state index in [0.717, 1.165) is 32.4 Å². The maximum Gasteiger partial charge on any atom is 0.244 e. The summed E-state index contributed by atoms with van der Waals surface area (Å²) < 4.78 is 25.7. The van der Waals surface area contributed by atoms with E-state index in [2.05, 4.69) is 52.4 Å². The van der Waals surface area contributed by atoms with Gasteiger partial charge in [-0.3, -0.25) is 14.7 Å². The molecule has 0 radical (unpaired) electrons. The Hall–Kier alpha value is -4.72. The van der Waals surface area contributed by atoms with Crippen LogP contribution in [0.5, 0.6) is 0 Å². The Morgan fingerprint density at radius 3 is 2.74 bits per heavy atom. The number of fused-ring (bicyclic) bond motifs is 1. The first-order valence-electron chi connectivity index (χ1n) is 13.5. The molecule has 42 heavy (non-hydrogen) atoms. The Kier molecular flexibility index (Phi) is 7.86. The van der Waals surface area contributed by atoms with Crippen molar-refractivity contribution in [2.75, 3.05) is 57.6 Å². The number of rotatable bonds is 9. The van der Waals surface area contributed by atoms with Gasteiger partial charge in [-0.2, -0.15) is 0 Å². The smallest absolute Gasteiger partial charge is 0.244 e. The maximum absolute atomic E-state index is 15.1. The van der Waals surface area contributed by atoms with Crippen LogP contribution in [0, 0.1) is 5.82 Å². The first-order chi connectivity index (χ1) is 20.5. The number of amides is 1. The van der Waals surface area contributed by atoms with E-state index in [9.17, 15) is 4.79 Å². The van der Waals surface area contributed by atoms with Crippen LogP contribution in [0.15, 0.2) is 65.9 Å². The molecule has 6 rings (SSSR count). The maximum atomic E-state index is 15.1. The number of hydrogen-bond acceptors (Lipinski definition) is 10. The van der Waals surface area contributed by atoms with Gasteiger partial charge in [-0.25, -0.2) is 19.3 Å². The van der Waals surface area contributed by atoms with Gasteiger partial charge in [0.2, 0.25) is 11.9 Å². The van der Waals surface area contributed by atoms with E-state index in [4.69, 9.17) is 9.15 Å². The zero-order chi connectivity index (χ0) is 29.1. The monoisotopic (exact) mass is 571 g/mol. The van der Waals surface area contributed by atoms with Gasteiger partial charge in [-0.05, 0) is 25.2 Å². The lowest BCUT2D eigenvalue weighted by Crippen LogP contribution is -2.54. The molecular weight excluding hydrogens is 541 g/mol. The minimum atomic E-state index is -0.579. The lowest BCUT2D eigenvalue weighted by atomic mass is 10.1. The van der Waals surface area contributed by atoms with E-state index >= 15 is 4.39 Å². The van der Waals surface area contributed by atoms with Crippen molar-refractivity contribution in [3.8, 4) is 22.7 Å². The number of oxazole rings is 1. The van der Waals surface area contributed by atoms with Crippen molar-refractivity contribution in [1.82, 2.24) is 34.7 Å². The highest BCUT2D eigenvalue weighted by atomic mass is 19.1. The molecule has 0 spiro atoms. The molecule has 1 amide bonds. The zero-order valence-electron chi connectivity index (χ0n) is 23.2. The highest BCUT2D eigenvalue weighted by Gasteiger charge is 2.29. The summed E-state index contributed by atoms with van der Waals surface area (Å²) in [6, 6.07) is 8.61. The molecule has 5 heterocycles. The molecule has 5 aromatic rings. The number of ether oxygens (including phenoxy) is 1. The number of H-pyrrole nitrogens is 1. The van der Waals surface area contributed by atoms with Gasteiger partial charge >= 0.3 is 0 Å². The summed E-state index contributed by atoms with van der Waals surface area (Å²) in [6.45, 7) is 3.60. The van der Waals surface area contributed by atoms with Crippen LogP contribution in [0.25, 0.3) is 33.6 Å². The predicted molar refractivity (Wildman–Crippen MR) is 156 cm³/mol. The SMILES string of the molecule is COC[C@H](C(=O)Nc1cccc2c(-c3nc(Nc4ccc(-c5cnco5)nc4)ncc3F)c[nH]c12)N1CCN(C)CC1. The molecule has 12 nitrogen and oxygen atoms in total. The van der Waals surface area contributed by atoms with Crippen LogP contribution < -0.4 is 10.6 Å². The topological polar surface area (TPSA) is 137 Å². The summed E-state index contributed by atoms with van der Waals surface area (Å²) in [7, 11) is 3.67. The summed E-state index contributed by atoms with van der Waals surface area (Å²) in [5.74, 6) is 0.0110. The predicted octanol–water partition coefficient (Wildman–Crippen LogP) is 3.76. The van der Waals surface area contributed by atoms with E-state index in [0.29, 0.717) is 39.3 Å². The van der Waals surface area contributed by atoms with Crippen molar-refractivity contribution in [2.24, 2.45) is 0 Å². The van der Waals surface area contributed by atoms with Crippen molar-refractivity contribution >= 4 is 34.1 Å². The summed E-state index contributed by atoms with van der Waals surface area (Å²) in [5.41, 5.74) is 3.14. The molecule has 0 saturated carbocycles. The van der Waals surface area contributed by atoms with Crippen LogP contribution in [-0.4, -0.2) is 93.6 Å². The second kappa shape index (κ2) is 12.0. The summed E-state index contributed by atoms with van der Waals surface area (Å²) in [5, 5.41) is 6.83. The van der Waals surface area contributed by atoms with Crippen molar-refractivity contribution in [1.29, 1.82) is 0 Å². The number of piperazine rings is 1. The fourth-order valence-corrected chi connectivity index (χ4v) is 5.01. The number of hydrogen-bond donors (Lipinski definition) is 3. The minimum absolute atomic E-state index is 0.114. The molecule has 1 atom stereocenters. The number of para-hydroxylation sites is 1. The number of aromatic amines is 1.